The van der Waals surface area contributed by atoms with Crippen molar-refractivity contribution >= 4 is 0 Å². The van der Waals surface area contributed by atoms with Crippen molar-refractivity contribution in [1.29, 1.82) is 0 Å². The summed E-state index contributed by atoms with van der Waals surface area (Å²) in [5.41, 5.74) is 0.0376. The van der Waals surface area contributed by atoms with Crippen LogP contribution in [0.3, 0.4) is 0 Å². The zero-order valence-corrected chi connectivity index (χ0v) is 7.85. The SMILES string of the molecule is CC(C)(C)C1(C)CCOC1O. The van der Waals surface area contributed by atoms with Crippen molar-refractivity contribution < 1.29 is 9.84 Å². The van der Waals surface area contributed by atoms with Crippen LogP contribution in [0, 0.1) is 10.8 Å². The van der Waals surface area contributed by atoms with Gasteiger partial charge in [0, 0.05) is 5.41 Å². The summed E-state index contributed by atoms with van der Waals surface area (Å²) < 4.78 is 5.15. The van der Waals surface area contributed by atoms with E-state index in [4.69, 9.17) is 4.74 Å². The molecule has 0 radical (unpaired) electrons. The number of ether oxygens (including phenoxy) is 1. The van der Waals surface area contributed by atoms with Crippen molar-refractivity contribution in [1.82, 2.24) is 0 Å². The smallest absolute Gasteiger partial charge is 0.160 e. The van der Waals surface area contributed by atoms with Crippen LogP contribution in [0.4, 0.5) is 0 Å². The van der Waals surface area contributed by atoms with Crippen molar-refractivity contribution in [2.24, 2.45) is 10.8 Å². The summed E-state index contributed by atoms with van der Waals surface area (Å²) >= 11 is 0. The van der Waals surface area contributed by atoms with Gasteiger partial charge in [-0.2, -0.15) is 0 Å². The highest BCUT2D eigenvalue weighted by Gasteiger charge is 2.47. The van der Waals surface area contributed by atoms with Crippen LogP contribution in [0.1, 0.15) is 34.1 Å². The summed E-state index contributed by atoms with van der Waals surface area (Å²) in [6, 6.07) is 0. The zero-order valence-electron chi connectivity index (χ0n) is 7.85. The van der Waals surface area contributed by atoms with Gasteiger partial charge in [0.25, 0.3) is 0 Å². The van der Waals surface area contributed by atoms with E-state index in [1.807, 2.05) is 0 Å². The number of hydrogen-bond acceptors (Lipinski definition) is 2. The van der Waals surface area contributed by atoms with Gasteiger partial charge in [-0.15, -0.1) is 0 Å². The molecule has 0 saturated carbocycles. The summed E-state index contributed by atoms with van der Waals surface area (Å²) in [6.45, 7) is 9.21. The van der Waals surface area contributed by atoms with Gasteiger partial charge >= 0.3 is 0 Å². The van der Waals surface area contributed by atoms with E-state index in [2.05, 4.69) is 27.7 Å². The monoisotopic (exact) mass is 158 g/mol. The van der Waals surface area contributed by atoms with E-state index in [0.29, 0.717) is 6.61 Å². The maximum absolute atomic E-state index is 9.56. The second-order valence-electron chi connectivity index (χ2n) is 4.64. The van der Waals surface area contributed by atoms with Crippen LogP contribution in [-0.2, 0) is 4.74 Å². The third-order valence-corrected chi connectivity index (χ3v) is 3.16. The van der Waals surface area contributed by atoms with Gasteiger partial charge in [0.2, 0.25) is 0 Å². The van der Waals surface area contributed by atoms with Gasteiger partial charge in [-0.1, -0.05) is 27.7 Å². The van der Waals surface area contributed by atoms with Crippen molar-refractivity contribution in [3.63, 3.8) is 0 Å². The van der Waals surface area contributed by atoms with E-state index in [-0.39, 0.29) is 10.8 Å². The third kappa shape index (κ3) is 1.30. The molecule has 1 aliphatic heterocycles. The minimum absolute atomic E-state index is 0.0764. The number of aliphatic hydroxyl groups excluding tert-OH is 1. The van der Waals surface area contributed by atoms with Crippen LogP contribution in [-0.4, -0.2) is 18.0 Å². The summed E-state index contributed by atoms with van der Waals surface area (Å²) in [6.07, 6.45) is 0.375. The van der Waals surface area contributed by atoms with Crippen LogP contribution >= 0.6 is 0 Å². The molecule has 0 aromatic carbocycles. The molecule has 0 aliphatic carbocycles. The lowest BCUT2D eigenvalue weighted by Gasteiger charge is -2.39. The Hall–Kier alpha value is -0.0800. The molecule has 1 aliphatic rings. The van der Waals surface area contributed by atoms with Gasteiger partial charge in [-0.25, -0.2) is 0 Å². The molecule has 2 nitrogen and oxygen atoms in total. The molecule has 1 heterocycles. The molecule has 66 valence electrons. The first kappa shape index (κ1) is 9.01. The molecule has 1 saturated heterocycles. The van der Waals surface area contributed by atoms with E-state index in [1.165, 1.54) is 0 Å². The largest absolute Gasteiger partial charge is 0.367 e. The molecule has 2 heteroatoms. The van der Waals surface area contributed by atoms with Gasteiger partial charge < -0.3 is 9.84 Å². The van der Waals surface area contributed by atoms with E-state index in [0.717, 1.165) is 6.42 Å². The normalized spacial score (nSPS) is 39.5. The topological polar surface area (TPSA) is 29.5 Å². The van der Waals surface area contributed by atoms with Crippen LogP contribution in [0.2, 0.25) is 0 Å². The highest BCUT2D eigenvalue weighted by atomic mass is 16.6. The number of hydrogen-bond donors (Lipinski definition) is 1. The Kier molecular flexibility index (Phi) is 2.01. The Morgan fingerprint density at radius 1 is 1.45 bits per heavy atom. The van der Waals surface area contributed by atoms with Gasteiger partial charge in [-0.05, 0) is 11.8 Å². The minimum Gasteiger partial charge on any atom is -0.367 e. The van der Waals surface area contributed by atoms with Crippen molar-refractivity contribution in [3.05, 3.63) is 0 Å². The molecule has 1 N–H and O–H groups in total. The third-order valence-electron chi connectivity index (χ3n) is 3.16. The van der Waals surface area contributed by atoms with Crippen LogP contribution in [0.25, 0.3) is 0 Å². The Bertz CT molecular complexity index is 148. The Morgan fingerprint density at radius 2 is 2.00 bits per heavy atom. The molecule has 1 rings (SSSR count). The fourth-order valence-electron chi connectivity index (χ4n) is 1.44. The maximum atomic E-state index is 9.56. The first-order chi connectivity index (χ1) is 4.88. The molecule has 2 atom stereocenters. The fraction of sp³-hybridized carbons (Fsp3) is 1.00. The molecule has 0 bridgehead atoms. The van der Waals surface area contributed by atoms with Crippen molar-refractivity contribution in [2.45, 2.75) is 40.4 Å². The molecule has 1 fully saturated rings. The van der Waals surface area contributed by atoms with E-state index < -0.39 is 6.29 Å². The lowest BCUT2D eigenvalue weighted by Crippen LogP contribution is -2.39. The molecule has 2 unspecified atom stereocenters. The Balaban J connectivity index is 2.81. The predicted molar refractivity (Wildman–Crippen MR) is 44.1 cm³/mol. The first-order valence-electron chi connectivity index (χ1n) is 4.17. The maximum Gasteiger partial charge on any atom is 0.160 e. The summed E-state index contributed by atoms with van der Waals surface area (Å²) in [7, 11) is 0. The molecule has 11 heavy (non-hydrogen) atoms. The summed E-state index contributed by atoms with van der Waals surface area (Å²) in [5, 5.41) is 9.56. The lowest BCUT2D eigenvalue weighted by molar-refractivity contribution is -0.143. The molecule has 0 spiro atoms. The van der Waals surface area contributed by atoms with E-state index >= 15 is 0 Å². The lowest BCUT2D eigenvalue weighted by atomic mass is 9.66. The highest BCUT2D eigenvalue weighted by molar-refractivity contribution is 4.91. The predicted octanol–water partition coefficient (Wildman–Crippen LogP) is 1.78. The van der Waals surface area contributed by atoms with E-state index in [1.54, 1.807) is 0 Å². The molecular formula is C9H18O2. The standard InChI is InChI=1S/C9H18O2/c1-8(2,3)9(4)5-6-11-7(9)10/h7,10H,5-6H2,1-4H3. The average Bonchev–Trinajstić information content (AvgIpc) is 2.12. The average molecular weight is 158 g/mol. The first-order valence-corrected chi connectivity index (χ1v) is 4.17. The number of aliphatic hydroxyl groups is 1. The molecule has 0 aromatic rings. The second kappa shape index (κ2) is 2.46. The summed E-state index contributed by atoms with van der Waals surface area (Å²) in [4.78, 5) is 0. The van der Waals surface area contributed by atoms with E-state index in [9.17, 15) is 5.11 Å². The second-order valence-corrected chi connectivity index (χ2v) is 4.64. The zero-order chi connectivity index (χ0) is 8.70. The number of rotatable bonds is 0. The molecule has 0 aromatic heterocycles. The molecular weight excluding hydrogens is 140 g/mol. The fourth-order valence-corrected chi connectivity index (χ4v) is 1.44. The van der Waals surface area contributed by atoms with Crippen LogP contribution in [0.5, 0.6) is 0 Å². The van der Waals surface area contributed by atoms with Crippen molar-refractivity contribution in [3.8, 4) is 0 Å². The van der Waals surface area contributed by atoms with Gasteiger partial charge in [0.05, 0.1) is 6.61 Å². The van der Waals surface area contributed by atoms with Gasteiger partial charge in [-0.3, -0.25) is 0 Å². The quantitative estimate of drug-likeness (QED) is 0.582. The Morgan fingerprint density at radius 3 is 2.18 bits per heavy atom. The van der Waals surface area contributed by atoms with Crippen molar-refractivity contribution in [2.75, 3.05) is 6.61 Å². The van der Waals surface area contributed by atoms with Crippen LogP contribution < -0.4 is 0 Å². The van der Waals surface area contributed by atoms with Crippen LogP contribution in [0.15, 0.2) is 0 Å². The Labute approximate surface area is 68.6 Å². The summed E-state index contributed by atoms with van der Waals surface area (Å²) in [5.74, 6) is 0. The highest BCUT2D eigenvalue weighted by Crippen LogP contribution is 2.47. The van der Waals surface area contributed by atoms with Gasteiger partial charge in [0.1, 0.15) is 0 Å². The minimum atomic E-state index is -0.581. The molecule has 0 amide bonds. The van der Waals surface area contributed by atoms with Gasteiger partial charge in [0.15, 0.2) is 6.29 Å².